The first kappa shape index (κ1) is 9.15. The Hall–Kier alpha value is -0.940. The summed E-state index contributed by atoms with van der Waals surface area (Å²) in [6.07, 6.45) is 0. The molecule has 66 valence electrons. The molecule has 0 aliphatic carbocycles. The first-order valence-corrected chi connectivity index (χ1v) is 5.30. The summed E-state index contributed by atoms with van der Waals surface area (Å²) >= 11 is 0. The lowest BCUT2D eigenvalue weighted by atomic mass is 10.3. The van der Waals surface area contributed by atoms with Crippen LogP contribution >= 0.6 is 10.7 Å². The Kier molecular flexibility index (Phi) is 2.44. The van der Waals surface area contributed by atoms with Gasteiger partial charge in [0.05, 0.1) is 5.69 Å². The topological polar surface area (TPSA) is 66.4 Å². The first-order valence-electron chi connectivity index (χ1n) is 2.99. The van der Waals surface area contributed by atoms with Crippen molar-refractivity contribution in [3.8, 4) is 5.75 Å². The van der Waals surface area contributed by atoms with E-state index in [0.29, 0.717) is 0 Å². The zero-order chi connectivity index (χ0) is 9.19. The summed E-state index contributed by atoms with van der Waals surface area (Å²) in [7, 11) is 1.12. The molecule has 0 aliphatic rings. The largest absolute Gasteiger partial charge is 0.508 e. The van der Waals surface area contributed by atoms with Gasteiger partial charge in [-0.25, -0.2) is 0 Å². The van der Waals surface area contributed by atoms with Crippen molar-refractivity contribution >= 4 is 25.6 Å². The van der Waals surface area contributed by atoms with Crippen LogP contribution in [-0.4, -0.2) is 13.5 Å². The fourth-order valence-corrected chi connectivity index (χ4v) is 1.39. The first-order chi connectivity index (χ1) is 5.47. The SMILES string of the molecule is O=S(=O)(Cl)Nc1cccc(O)c1. The van der Waals surface area contributed by atoms with Crippen molar-refractivity contribution in [2.24, 2.45) is 0 Å². The summed E-state index contributed by atoms with van der Waals surface area (Å²) in [5.41, 5.74) is 0.227. The van der Waals surface area contributed by atoms with Gasteiger partial charge in [0, 0.05) is 16.7 Å². The van der Waals surface area contributed by atoms with Crippen LogP contribution in [0.2, 0.25) is 0 Å². The van der Waals surface area contributed by atoms with Gasteiger partial charge in [0.1, 0.15) is 5.75 Å². The van der Waals surface area contributed by atoms with Crippen molar-refractivity contribution in [1.82, 2.24) is 0 Å². The maximum absolute atomic E-state index is 10.5. The third kappa shape index (κ3) is 2.98. The van der Waals surface area contributed by atoms with Crippen LogP contribution in [0.25, 0.3) is 0 Å². The van der Waals surface area contributed by atoms with E-state index in [9.17, 15) is 8.42 Å². The Morgan fingerprint density at radius 2 is 2.08 bits per heavy atom. The number of rotatable bonds is 2. The van der Waals surface area contributed by atoms with Crippen molar-refractivity contribution in [2.45, 2.75) is 0 Å². The maximum atomic E-state index is 10.5. The third-order valence-electron chi connectivity index (χ3n) is 1.09. The van der Waals surface area contributed by atoms with Crippen LogP contribution in [-0.2, 0) is 9.24 Å². The molecule has 1 rings (SSSR count). The van der Waals surface area contributed by atoms with Gasteiger partial charge in [-0.15, -0.1) is 0 Å². The summed E-state index contributed by atoms with van der Waals surface area (Å²) in [4.78, 5) is 0. The number of hydrogen-bond donors (Lipinski definition) is 2. The van der Waals surface area contributed by atoms with Crippen molar-refractivity contribution in [1.29, 1.82) is 0 Å². The van der Waals surface area contributed by atoms with Gasteiger partial charge in [-0.05, 0) is 12.1 Å². The summed E-state index contributed by atoms with van der Waals surface area (Å²) in [5.74, 6) is -0.0275. The van der Waals surface area contributed by atoms with E-state index in [1.54, 1.807) is 0 Å². The number of nitrogens with one attached hydrogen (secondary N) is 1. The zero-order valence-corrected chi connectivity index (χ0v) is 7.43. The van der Waals surface area contributed by atoms with E-state index in [1.165, 1.54) is 24.3 Å². The second-order valence-corrected chi connectivity index (χ2v) is 4.39. The van der Waals surface area contributed by atoms with Crippen LogP contribution in [0, 0.1) is 0 Å². The lowest BCUT2D eigenvalue weighted by molar-refractivity contribution is 0.475. The number of anilines is 1. The van der Waals surface area contributed by atoms with E-state index in [-0.39, 0.29) is 11.4 Å². The Morgan fingerprint density at radius 1 is 1.42 bits per heavy atom. The average molecular weight is 208 g/mol. The molecule has 1 aromatic carbocycles. The molecule has 0 atom stereocenters. The number of aromatic hydroxyl groups is 1. The van der Waals surface area contributed by atoms with Crippen LogP contribution in [0.4, 0.5) is 5.69 Å². The third-order valence-corrected chi connectivity index (χ3v) is 1.80. The molecule has 0 saturated carbocycles. The van der Waals surface area contributed by atoms with Crippen molar-refractivity contribution in [2.75, 3.05) is 4.72 Å². The highest BCUT2D eigenvalue weighted by atomic mass is 35.7. The Morgan fingerprint density at radius 3 is 2.58 bits per heavy atom. The molecule has 0 bridgehead atoms. The molecule has 12 heavy (non-hydrogen) atoms. The van der Waals surface area contributed by atoms with Gasteiger partial charge < -0.3 is 5.11 Å². The molecule has 0 saturated heterocycles. The van der Waals surface area contributed by atoms with Crippen LogP contribution < -0.4 is 4.72 Å². The number of benzene rings is 1. The van der Waals surface area contributed by atoms with Crippen molar-refractivity contribution < 1.29 is 13.5 Å². The minimum absolute atomic E-state index is 0.0275. The molecular weight excluding hydrogens is 202 g/mol. The molecule has 0 aromatic heterocycles. The minimum Gasteiger partial charge on any atom is -0.508 e. The highest BCUT2D eigenvalue weighted by Crippen LogP contribution is 2.17. The van der Waals surface area contributed by atoms with E-state index >= 15 is 0 Å². The van der Waals surface area contributed by atoms with Gasteiger partial charge in [0.2, 0.25) is 0 Å². The van der Waals surface area contributed by atoms with Gasteiger partial charge in [0.15, 0.2) is 0 Å². The Balaban J connectivity index is 2.91. The minimum atomic E-state index is -3.78. The maximum Gasteiger partial charge on any atom is 0.319 e. The van der Waals surface area contributed by atoms with Crippen LogP contribution in [0.1, 0.15) is 0 Å². The zero-order valence-electron chi connectivity index (χ0n) is 5.86. The van der Waals surface area contributed by atoms with Crippen LogP contribution in [0.5, 0.6) is 5.75 Å². The van der Waals surface area contributed by atoms with Crippen molar-refractivity contribution in [3.05, 3.63) is 24.3 Å². The van der Waals surface area contributed by atoms with E-state index in [4.69, 9.17) is 15.8 Å². The lowest BCUT2D eigenvalue weighted by Crippen LogP contribution is -2.03. The molecule has 0 radical (unpaired) electrons. The predicted octanol–water partition coefficient (Wildman–Crippen LogP) is 1.29. The number of phenols is 1. The molecule has 2 N–H and O–H groups in total. The Bertz CT molecular complexity index is 376. The molecule has 0 heterocycles. The predicted molar refractivity (Wildman–Crippen MR) is 46.5 cm³/mol. The molecule has 0 fully saturated rings. The number of phenolic OH excluding ortho intramolecular Hbond substituents is 1. The molecule has 0 amide bonds. The van der Waals surface area contributed by atoms with Gasteiger partial charge >= 0.3 is 9.24 Å². The Labute approximate surface area is 74.3 Å². The average Bonchev–Trinajstić information content (AvgIpc) is 1.82. The van der Waals surface area contributed by atoms with Gasteiger partial charge in [-0.1, -0.05) is 6.07 Å². The van der Waals surface area contributed by atoms with Gasteiger partial charge in [0.25, 0.3) is 0 Å². The normalized spacial score (nSPS) is 11.1. The standard InChI is InChI=1S/C6H6ClNO3S/c7-12(10,11)8-5-2-1-3-6(9)4-5/h1-4,8-9H. The number of halogens is 1. The molecule has 0 unspecified atom stereocenters. The molecule has 4 nitrogen and oxygen atoms in total. The second-order valence-electron chi connectivity index (χ2n) is 2.09. The summed E-state index contributed by atoms with van der Waals surface area (Å²) < 4.78 is 23.0. The molecule has 0 aliphatic heterocycles. The summed E-state index contributed by atoms with van der Waals surface area (Å²) in [6, 6.07) is 5.64. The molecule has 1 aromatic rings. The number of hydrogen-bond acceptors (Lipinski definition) is 3. The second kappa shape index (κ2) is 3.20. The van der Waals surface area contributed by atoms with E-state index in [1.807, 2.05) is 4.72 Å². The fraction of sp³-hybridized carbons (Fsp3) is 0. The van der Waals surface area contributed by atoms with E-state index in [0.717, 1.165) is 0 Å². The van der Waals surface area contributed by atoms with Gasteiger partial charge in [-0.3, -0.25) is 4.72 Å². The monoisotopic (exact) mass is 207 g/mol. The molecule has 6 heteroatoms. The highest BCUT2D eigenvalue weighted by molar-refractivity contribution is 8.14. The van der Waals surface area contributed by atoms with Crippen LogP contribution in [0.3, 0.4) is 0 Å². The molecular formula is C6H6ClNO3S. The summed E-state index contributed by atoms with van der Waals surface area (Å²) in [6.45, 7) is 0. The fourth-order valence-electron chi connectivity index (χ4n) is 0.710. The van der Waals surface area contributed by atoms with E-state index in [2.05, 4.69) is 0 Å². The smallest absolute Gasteiger partial charge is 0.319 e. The van der Waals surface area contributed by atoms with Crippen LogP contribution in [0.15, 0.2) is 24.3 Å². The lowest BCUT2D eigenvalue weighted by Gasteiger charge is -2.00. The van der Waals surface area contributed by atoms with Gasteiger partial charge in [-0.2, -0.15) is 8.42 Å². The summed E-state index contributed by atoms with van der Waals surface area (Å²) in [5, 5.41) is 8.93. The van der Waals surface area contributed by atoms with Crippen molar-refractivity contribution in [3.63, 3.8) is 0 Å². The van der Waals surface area contributed by atoms with E-state index < -0.39 is 9.24 Å². The highest BCUT2D eigenvalue weighted by Gasteiger charge is 2.03. The quantitative estimate of drug-likeness (QED) is 0.719. The molecule has 0 spiro atoms.